The quantitative estimate of drug-likeness (QED) is 0.896. The summed E-state index contributed by atoms with van der Waals surface area (Å²) in [4.78, 5) is 11.6. The molecular formula is C14H19N5. The van der Waals surface area contributed by atoms with E-state index in [4.69, 9.17) is 4.98 Å². The van der Waals surface area contributed by atoms with Crippen molar-refractivity contribution in [3.05, 3.63) is 29.3 Å². The third-order valence-corrected chi connectivity index (χ3v) is 3.66. The van der Waals surface area contributed by atoms with Crippen molar-refractivity contribution in [2.75, 3.05) is 13.6 Å². The van der Waals surface area contributed by atoms with E-state index >= 15 is 0 Å². The van der Waals surface area contributed by atoms with Crippen LogP contribution in [-0.4, -0.2) is 38.7 Å². The van der Waals surface area contributed by atoms with Gasteiger partial charge in [-0.25, -0.2) is 9.97 Å². The second-order valence-corrected chi connectivity index (χ2v) is 5.33. The minimum atomic E-state index is 0.346. The highest BCUT2D eigenvalue weighted by Gasteiger charge is 2.25. The molecule has 5 nitrogen and oxygen atoms in total. The molecule has 0 bridgehead atoms. The molecule has 0 saturated carbocycles. The fourth-order valence-electron chi connectivity index (χ4n) is 2.66. The van der Waals surface area contributed by atoms with Crippen molar-refractivity contribution in [2.45, 2.75) is 32.7 Å². The lowest BCUT2D eigenvalue weighted by atomic mass is 10.2. The molecule has 0 unspecified atom stereocenters. The highest BCUT2D eigenvalue weighted by Crippen LogP contribution is 2.29. The lowest BCUT2D eigenvalue weighted by Crippen LogP contribution is -2.20. The number of aromatic nitrogens is 4. The number of aryl methyl sites for hydroxylation is 2. The minimum absolute atomic E-state index is 0.346. The van der Waals surface area contributed by atoms with Gasteiger partial charge in [0.2, 0.25) is 0 Å². The van der Waals surface area contributed by atoms with Gasteiger partial charge in [0.25, 0.3) is 0 Å². The van der Waals surface area contributed by atoms with Crippen molar-refractivity contribution >= 4 is 0 Å². The normalized spacial score (nSPS) is 20.1. The van der Waals surface area contributed by atoms with Gasteiger partial charge in [-0.2, -0.15) is 5.10 Å². The van der Waals surface area contributed by atoms with Crippen molar-refractivity contribution in [1.29, 1.82) is 0 Å². The van der Waals surface area contributed by atoms with Gasteiger partial charge in [0.05, 0.1) is 11.7 Å². The summed E-state index contributed by atoms with van der Waals surface area (Å²) >= 11 is 0. The number of nitrogens with zero attached hydrogens (tertiary/aromatic N) is 4. The predicted octanol–water partition coefficient (Wildman–Crippen LogP) is 2.25. The molecule has 0 aliphatic carbocycles. The zero-order valence-electron chi connectivity index (χ0n) is 11.6. The second kappa shape index (κ2) is 4.74. The first-order valence-electron chi connectivity index (χ1n) is 6.71. The summed E-state index contributed by atoms with van der Waals surface area (Å²) in [5.74, 6) is 0.927. The van der Waals surface area contributed by atoms with Crippen LogP contribution in [0.4, 0.5) is 0 Å². The van der Waals surface area contributed by atoms with Crippen molar-refractivity contribution in [1.82, 2.24) is 25.1 Å². The molecule has 19 heavy (non-hydrogen) atoms. The number of rotatable bonds is 2. The van der Waals surface area contributed by atoms with Gasteiger partial charge in [0.1, 0.15) is 11.5 Å². The molecular weight excluding hydrogens is 238 g/mol. The third kappa shape index (κ3) is 2.38. The maximum atomic E-state index is 4.71. The van der Waals surface area contributed by atoms with Gasteiger partial charge in [-0.3, -0.25) is 10.00 Å². The van der Waals surface area contributed by atoms with Crippen LogP contribution in [0.5, 0.6) is 0 Å². The first-order chi connectivity index (χ1) is 9.13. The van der Waals surface area contributed by atoms with Crippen LogP contribution < -0.4 is 0 Å². The van der Waals surface area contributed by atoms with Crippen LogP contribution in [-0.2, 0) is 0 Å². The van der Waals surface area contributed by atoms with Gasteiger partial charge in [-0.05, 0) is 52.4 Å². The molecule has 0 spiro atoms. The van der Waals surface area contributed by atoms with E-state index in [0.717, 1.165) is 41.6 Å². The van der Waals surface area contributed by atoms with E-state index in [-0.39, 0.29) is 0 Å². The Labute approximate surface area is 113 Å². The Balaban J connectivity index is 2.00. The summed E-state index contributed by atoms with van der Waals surface area (Å²) < 4.78 is 0. The largest absolute Gasteiger partial charge is 0.296 e. The van der Waals surface area contributed by atoms with Gasteiger partial charge >= 0.3 is 0 Å². The maximum Gasteiger partial charge on any atom is 0.146 e. The van der Waals surface area contributed by atoms with E-state index in [0.29, 0.717) is 6.04 Å². The second-order valence-electron chi connectivity index (χ2n) is 5.33. The van der Waals surface area contributed by atoms with Crippen molar-refractivity contribution in [2.24, 2.45) is 0 Å². The molecule has 5 heteroatoms. The Bertz CT molecular complexity index is 589. The van der Waals surface area contributed by atoms with Crippen LogP contribution >= 0.6 is 0 Å². The van der Waals surface area contributed by atoms with Crippen LogP contribution in [0.3, 0.4) is 0 Å². The highest BCUT2D eigenvalue weighted by atomic mass is 15.2. The van der Waals surface area contributed by atoms with E-state index in [1.165, 1.54) is 6.42 Å². The molecule has 1 fully saturated rings. The van der Waals surface area contributed by atoms with Crippen molar-refractivity contribution in [3.63, 3.8) is 0 Å². The van der Waals surface area contributed by atoms with E-state index in [1.54, 1.807) is 0 Å². The molecule has 100 valence electrons. The molecule has 1 aliphatic rings. The molecule has 1 atom stereocenters. The number of likely N-dealkylation sites (tertiary alicyclic amines) is 1. The van der Waals surface area contributed by atoms with Gasteiger partial charge < -0.3 is 0 Å². The summed E-state index contributed by atoms with van der Waals surface area (Å²) in [7, 11) is 2.14. The van der Waals surface area contributed by atoms with Crippen molar-refractivity contribution in [3.8, 4) is 11.4 Å². The van der Waals surface area contributed by atoms with Gasteiger partial charge in [-0.15, -0.1) is 0 Å². The Hall–Kier alpha value is -1.75. The van der Waals surface area contributed by atoms with Crippen LogP contribution in [0.1, 0.15) is 36.1 Å². The minimum Gasteiger partial charge on any atom is -0.296 e. The zero-order valence-corrected chi connectivity index (χ0v) is 11.6. The summed E-state index contributed by atoms with van der Waals surface area (Å²) in [5.41, 5.74) is 3.85. The molecule has 3 rings (SSSR count). The first kappa shape index (κ1) is 12.3. The lowest BCUT2D eigenvalue weighted by molar-refractivity contribution is 0.305. The SMILES string of the molecule is Cc1cc(-c2cc(C)[nH]n2)nc([C@H]2CCCN2C)n1. The predicted molar refractivity (Wildman–Crippen MR) is 73.7 cm³/mol. The van der Waals surface area contributed by atoms with Crippen LogP contribution in [0.15, 0.2) is 12.1 Å². The van der Waals surface area contributed by atoms with E-state index in [1.807, 2.05) is 26.0 Å². The van der Waals surface area contributed by atoms with Crippen LogP contribution in [0, 0.1) is 13.8 Å². The molecule has 1 N–H and O–H groups in total. The number of hydrogen-bond donors (Lipinski definition) is 1. The van der Waals surface area contributed by atoms with E-state index in [2.05, 4.69) is 27.1 Å². The summed E-state index contributed by atoms with van der Waals surface area (Å²) in [6.45, 7) is 5.14. The molecule has 0 amide bonds. The average Bonchev–Trinajstić information content (AvgIpc) is 2.97. The van der Waals surface area contributed by atoms with Gasteiger partial charge in [-0.1, -0.05) is 0 Å². The van der Waals surface area contributed by atoms with Crippen LogP contribution in [0.2, 0.25) is 0 Å². The monoisotopic (exact) mass is 257 g/mol. The summed E-state index contributed by atoms with van der Waals surface area (Å²) in [6, 6.07) is 4.36. The van der Waals surface area contributed by atoms with Gasteiger partial charge in [0, 0.05) is 11.4 Å². The Kier molecular flexibility index (Phi) is 3.06. The molecule has 0 aromatic carbocycles. The number of aromatic amines is 1. The summed E-state index contributed by atoms with van der Waals surface area (Å²) in [6.07, 6.45) is 2.36. The Morgan fingerprint density at radius 2 is 2.05 bits per heavy atom. The average molecular weight is 257 g/mol. The van der Waals surface area contributed by atoms with Gasteiger partial charge in [0.15, 0.2) is 0 Å². The number of nitrogens with one attached hydrogen (secondary N) is 1. The maximum absolute atomic E-state index is 4.71. The highest BCUT2D eigenvalue weighted by molar-refractivity contribution is 5.54. The van der Waals surface area contributed by atoms with E-state index in [9.17, 15) is 0 Å². The molecule has 0 radical (unpaired) electrons. The lowest BCUT2D eigenvalue weighted by Gasteiger charge is -2.18. The molecule has 3 heterocycles. The molecule has 2 aromatic rings. The van der Waals surface area contributed by atoms with E-state index < -0.39 is 0 Å². The third-order valence-electron chi connectivity index (χ3n) is 3.66. The number of H-pyrrole nitrogens is 1. The fourth-order valence-corrected chi connectivity index (χ4v) is 2.66. The molecule has 1 saturated heterocycles. The summed E-state index contributed by atoms with van der Waals surface area (Å²) in [5, 5.41) is 7.25. The Morgan fingerprint density at radius 3 is 2.68 bits per heavy atom. The standard InChI is InChI=1S/C14H19N5/c1-9-7-11(12-8-10(2)17-18-12)16-14(15-9)13-5-4-6-19(13)3/h7-8,13H,4-6H2,1-3H3,(H,17,18)/t13-/m1/s1. The topological polar surface area (TPSA) is 57.7 Å². The molecule has 2 aromatic heterocycles. The first-order valence-corrected chi connectivity index (χ1v) is 6.71. The van der Waals surface area contributed by atoms with Crippen molar-refractivity contribution < 1.29 is 0 Å². The Morgan fingerprint density at radius 1 is 1.21 bits per heavy atom. The molecule has 1 aliphatic heterocycles. The fraction of sp³-hybridized carbons (Fsp3) is 0.500. The van der Waals surface area contributed by atoms with Crippen LogP contribution in [0.25, 0.3) is 11.4 Å². The zero-order chi connectivity index (χ0) is 13.4. The number of hydrogen-bond acceptors (Lipinski definition) is 4. The smallest absolute Gasteiger partial charge is 0.146 e.